The molecule has 0 spiro atoms. The summed E-state index contributed by atoms with van der Waals surface area (Å²) in [5.41, 5.74) is 2.77. The number of anilines is 1. The van der Waals surface area contributed by atoms with Gasteiger partial charge in [-0.05, 0) is 67.8 Å². The van der Waals surface area contributed by atoms with E-state index < -0.39 is 17.8 Å². The SMILES string of the molecule is CCOC(=O)c1ccc(NC(=O)C(=O)N2CCc3cc(OC)c(OC)cc3[C@H]2C)cc1. The first-order valence-corrected chi connectivity index (χ1v) is 10.0. The van der Waals surface area contributed by atoms with Gasteiger partial charge in [-0.1, -0.05) is 0 Å². The van der Waals surface area contributed by atoms with Crippen LogP contribution in [0.2, 0.25) is 0 Å². The molecule has 0 aliphatic carbocycles. The molecule has 0 unspecified atom stereocenters. The number of benzene rings is 2. The Balaban J connectivity index is 1.71. The van der Waals surface area contributed by atoms with Crippen LogP contribution < -0.4 is 14.8 Å². The monoisotopic (exact) mass is 426 g/mol. The van der Waals surface area contributed by atoms with Gasteiger partial charge in [0.05, 0.1) is 32.4 Å². The van der Waals surface area contributed by atoms with Crippen molar-refractivity contribution >= 4 is 23.5 Å². The van der Waals surface area contributed by atoms with E-state index in [4.69, 9.17) is 14.2 Å². The minimum absolute atomic E-state index is 0.279. The first kappa shape index (κ1) is 22.1. The molecule has 0 saturated heterocycles. The summed E-state index contributed by atoms with van der Waals surface area (Å²) in [7, 11) is 3.14. The summed E-state index contributed by atoms with van der Waals surface area (Å²) in [6, 6.07) is 9.66. The number of fused-ring (bicyclic) bond motifs is 1. The highest BCUT2D eigenvalue weighted by Gasteiger charge is 2.32. The molecular formula is C23H26N2O6. The molecule has 1 N–H and O–H groups in total. The van der Waals surface area contributed by atoms with Crippen molar-refractivity contribution in [1.29, 1.82) is 0 Å². The maximum atomic E-state index is 12.8. The molecule has 1 heterocycles. The highest BCUT2D eigenvalue weighted by Crippen LogP contribution is 2.37. The van der Waals surface area contributed by atoms with E-state index in [1.807, 2.05) is 19.1 Å². The molecule has 2 aromatic carbocycles. The Hall–Kier alpha value is -3.55. The minimum atomic E-state index is -0.736. The van der Waals surface area contributed by atoms with Crippen molar-refractivity contribution in [3.63, 3.8) is 0 Å². The van der Waals surface area contributed by atoms with E-state index in [2.05, 4.69) is 5.32 Å². The minimum Gasteiger partial charge on any atom is -0.493 e. The lowest BCUT2D eigenvalue weighted by Gasteiger charge is -2.35. The fourth-order valence-corrected chi connectivity index (χ4v) is 3.64. The summed E-state index contributed by atoms with van der Waals surface area (Å²) in [6.07, 6.45) is 0.604. The van der Waals surface area contributed by atoms with Crippen molar-refractivity contribution in [3.8, 4) is 11.5 Å². The third-order valence-corrected chi connectivity index (χ3v) is 5.29. The van der Waals surface area contributed by atoms with Crippen LogP contribution in [0.3, 0.4) is 0 Å². The van der Waals surface area contributed by atoms with Crippen LogP contribution in [0.15, 0.2) is 36.4 Å². The van der Waals surface area contributed by atoms with Crippen LogP contribution >= 0.6 is 0 Å². The summed E-state index contributed by atoms with van der Waals surface area (Å²) in [5, 5.41) is 2.60. The normalized spacial score (nSPS) is 15.0. The van der Waals surface area contributed by atoms with Crippen molar-refractivity contribution < 1.29 is 28.6 Å². The molecule has 8 heteroatoms. The molecule has 1 aliphatic rings. The topological polar surface area (TPSA) is 94.2 Å². The summed E-state index contributed by atoms with van der Waals surface area (Å²) in [5.74, 6) is -0.586. The van der Waals surface area contributed by atoms with E-state index in [9.17, 15) is 14.4 Å². The Kier molecular flexibility index (Phi) is 6.79. The Bertz CT molecular complexity index is 986. The van der Waals surface area contributed by atoms with Gasteiger partial charge < -0.3 is 24.4 Å². The maximum Gasteiger partial charge on any atom is 0.338 e. The Labute approximate surface area is 181 Å². The fraction of sp³-hybridized carbons (Fsp3) is 0.348. The van der Waals surface area contributed by atoms with Gasteiger partial charge >= 0.3 is 17.8 Å². The zero-order valence-electron chi connectivity index (χ0n) is 18.1. The number of nitrogens with zero attached hydrogens (tertiary/aromatic N) is 1. The molecular weight excluding hydrogens is 400 g/mol. The number of nitrogens with one attached hydrogen (secondary N) is 1. The predicted molar refractivity (Wildman–Crippen MR) is 114 cm³/mol. The van der Waals surface area contributed by atoms with Crippen molar-refractivity contribution in [2.24, 2.45) is 0 Å². The van der Waals surface area contributed by atoms with Crippen LogP contribution in [0, 0.1) is 0 Å². The number of carbonyl (C=O) groups is 3. The standard InChI is InChI=1S/C23H26N2O6/c1-5-31-23(28)15-6-8-17(9-7-15)24-21(26)22(27)25-11-10-16-12-19(29-3)20(30-4)13-18(16)14(25)2/h6-9,12-14H,5,10-11H2,1-4H3,(H,24,26)/t14-/m1/s1. The van der Waals surface area contributed by atoms with Gasteiger partial charge in [0, 0.05) is 12.2 Å². The third kappa shape index (κ3) is 4.63. The lowest BCUT2D eigenvalue weighted by Crippen LogP contribution is -2.44. The fourth-order valence-electron chi connectivity index (χ4n) is 3.64. The van der Waals surface area contributed by atoms with E-state index in [0.29, 0.717) is 35.7 Å². The summed E-state index contributed by atoms with van der Waals surface area (Å²) in [6.45, 7) is 4.30. The van der Waals surface area contributed by atoms with E-state index in [0.717, 1.165) is 11.1 Å². The van der Waals surface area contributed by atoms with Crippen molar-refractivity contribution in [2.75, 3.05) is 32.7 Å². The van der Waals surface area contributed by atoms with Crippen LogP contribution in [0.4, 0.5) is 5.69 Å². The third-order valence-electron chi connectivity index (χ3n) is 5.29. The molecule has 2 amide bonds. The summed E-state index contributed by atoms with van der Waals surface area (Å²) < 4.78 is 15.7. The molecule has 1 atom stereocenters. The average molecular weight is 426 g/mol. The second kappa shape index (κ2) is 9.51. The van der Waals surface area contributed by atoms with Gasteiger partial charge in [-0.25, -0.2) is 4.79 Å². The first-order valence-electron chi connectivity index (χ1n) is 10.0. The maximum absolute atomic E-state index is 12.8. The number of esters is 1. The second-order valence-corrected chi connectivity index (χ2v) is 7.08. The van der Waals surface area contributed by atoms with Gasteiger partial charge in [0.2, 0.25) is 0 Å². The van der Waals surface area contributed by atoms with E-state index in [1.54, 1.807) is 33.3 Å². The predicted octanol–water partition coefficient (Wildman–Crippen LogP) is 2.96. The van der Waals surface area contributed by atoms with Crippen molar-refractivity contribution in [2.45, 2.75) is 26.3 Å². The van der Waals surface area contributed by atoms with Crippen LogP contribution in [-0.4, -0.2) is 50.1 Å². The van der Waals surface area contributed by atoms with Gasteiger partial charge in [0.15, 0.2) is 11.5 Å². The average Bonchev–Trinajstić information content (AvgIpc) is 2.78. The lowest BCUT2D eigenvalue weighted by molar-refractivity contribution is -0.145. The molecule has 8 nitrogen and oxygen atoms in total. The molecule has 164 valence electrons. The molecule has 0 saturated carbocycles. The summed E-state index contributed by atoms with van der Waals surface area (Å²) >= 11 is 0. The van der Waals surface area contributed by atoms with Gasteiger partial charge in [0.1, 0.15) is 0 Å². The highest BCUT2D eigenvalue weighted by atomic mass is 16.5. The molecule has 0 radical (unpaired) electrons. The van der Waals surface area contributed by atoms with Crippen molar-refractivity contribution in [1.82, 2.24) is 4.90 Å². The van der Waals surface area contributed by atoms with Gasteiger partial charge in [-0.3, -0.25) is 9.59 Å². The number of rotatable bonds is 5. The van der Waals surface area contributed by atoms with Crippen LogP contribution in [0.1, 0.15) is 41.4 Å². The van der Waals surface area contributed by atoms with Gasteiger partial charge in [-0.2, -0.15) is 0 Å². The Morgan fingerprint density at radius 3 is 2.32 bits per heavy atom. The van der Waals surface area contributed by atoms with E-state index in [1.165, 1.54) is 17.0 Å². The number of ether oxygens (including phenoxy) is 3. The lowest BCUT2D eigenvalue weighted by atomic mass is 9.92. The number of amides is 2. The van der Waals surface area contributed by atoms with Gasteiger partial charge in [0.25, 0.3) is 0 Å². The van der Waals surface area contributed by atoms with Crippen LogP contribution in [-0.2, 0) is 20.7 Å². The zero-order valence-corrected chi connectivity index (χ0v) is 18.1. The smallest absolute Gasteiger partial charge is 0.338 e. The van der Waals surface area contributed by atoms with Gasteiger partial charge in [-0.15, -0.1) is 0 Å². The molecule has 3 rings (SSSR count). The number of hydrogen-bond donors (Lipinski definition) is 1. The quantitative estimate of drug-likeness (QED) is 0.584. The molecule has 1 aliphatic heterocycles. The molecule has 0 aromatic heterocycles. The summed E-state index contributed by atoms with van der Waals surface area (Å²) in [4.78, 5) is 38.7. The highest BCUT2D eigenvalue weighted by molar-refractivity contribution is 6.39. The van der Waals surface area contributed by atoms with Crippen molar-refractivity contribution in [3.05, 3.63) is 53.1 Å². The number of hydrogen-bond acceptors (Lipinski definition) is 6. The molecule has 31 heavy (non-hydrogen) atoms. The molecule has 0 fully saturated rings. The van der Waals surface area contributed by atoms with Crippen LogP contribution in [0.25, 0.3) is 0 Å². The van der Waals surface area contributed by atoms with E-state index >= 15 is 0 Å². The largest absolute Gasteiger partial charge is 0.493 e. The number of methoxy groups -OCH3 is 2. The first-order chi connectivity index (χ1) is 14.9. The van der Waals surface area contributed by atoms with Crippen LogP contribution in [0.5, 0.6) is 11.5 Å². The Morgan fingerprint density at radius 1 is 1.06 bits per heavy atom. The molecule has 2 aromatic rings. The molecule has 0 bridgehead atoms. The Morgan fingerprint density at radius 2 is 1.71 bits per heavy atom. The number of carbonyl (C=O) groups excluding carboxylic acids is 3. The van der Waals surface area contributed by atoms with E-state index in [-0.39, 0.29) is 12.6 Å². The second-order valence-electron chi connectivity index (χ2n) is 7.08. The zero-order chi connectivity index (χ0) is 22.5.